The monoisotopic (exact) mass is 489 g/mol. The summed E-state index contributed by atoms with van der Waals surface area (Å²) in [6.45, 7) is 2.16. The quantitative estimate of drug-likeness (QED) is 0.324. The highest BCUT2D eigenvalue weighted by Gasteiger charge is 2.15. The molecule has 1 heterocycles. The van der Waals surface area contributed by atoms with Crippen LogP contribution in [-0.2, 0) is 31.5 Å². The van der Waals surface area contributed by atoms with Gasteiger partial charge in [0, 0.05) is 29.8 Å². The van der Waals surface area contributed by atoms with E-state index in [1.807, 2.05) is 23.7 Å². The molecule has 0 saturated carbocycles. The third kappa shape index (κ3) is 5.90. The molecule has 36 heavy (non-hydrogen) atoms. The number of carboxylic acids is 1. The molecule has 0 aliphatic heterocycles. The van der Waals surface area contributed by atoms with Crippen LogP contribution in [0.4, 0.5) is 4.39 Å². The van der Waals surface area contributed by atoms with Crippen molar-refractivity contribution in [3.05, 3.63) is 101 Å². The second kappa shape index (κ2) is 11.0. The van der Waals surface area contributed by atoms with Crippen molar-refractivity contribution in [3.8, 4) is 22.6 Å². The first kappa shape index (κ1) is 24.9. The van der Waals surface area contributed by atoms with E-state index in [1.54, 1.807) is 68.0 Å². The number of imidazole rings is 1. The number of benzene rings is 3. The number of para-hydroxylation sites is 1. The van der Waals surface area contributed by atoms with E-state index in [-0.39, 0.29) is 25.5 Å². The number of aliphatic carboxylic acids is 1. The zero-order valence-electron chi connectivity index (χ0n) is 20.1. The first-order valence-electron chi connectivity index (χ1n) is 11.5. The van der Waals surface area contributed by atoms with Crippen LogP contribution < -0.4 is 15.2 Å². The Kier molecular flexibility index (Phi) is 7.65. The highest BCUT2D eigenvalue weighted by Crippen LogP contribution is 2.32. The summed E-state index contributed by atoms with van der Waals surface area (Å²) in [4.78, 5) is 15.3. The van der Waals surface area contributed by atoms with Gasteiger partial charge in [0.05, 0.1) is 24.6 Å². The van der Waals surface area contributed by atoms with Crippen molar-refractivity contribution in [2.75, 3.05) is 0 Å². The summed E-state index contributed by atoms with van der Waals surface area (Å²) in [6, 6.07) is 17.1. The fourth-order valence-corrected chi connectivity index (χ4v) is 3.90. The molecule has 3 aromatic carbocycles. The molecule has 0 fully saturated rings. The molecule has 3 N–H and O–H groups in total. The van der Waals surface area contributed by atoms with Gasteiger partial charge in [0.1, 0.15) is 30.5 Å². The largest absolute Gasteiger partial charge is 0.489 e. The normalized spacial score (nSPS) is 11.8. The van der Waals surface area contributed by atoms with E-state index < -0.39 is 12.0 Å². The molecule has 0 radical (unpaired) electrons. The maximum absolute atomic E-state index is 15.3. The number of ether oxygens (including phenoxy) is 2. The van der Waals surface area contributed by atoms with Gasteiger partial charge in [-0.05, 0) is 42.3 Å². The number of nitrogens with zero attached hydrogens (tertiary/aromatic N) is 2. The van der Waals surface area contributed by atoms with Crippen LogP contribution in [0.2, 0.25) is 0 Å². The third-order valence-corrected chi connectivity index (χ3v) is 5.81. The average molecular weight is 490 g/mol. The average Bonchev–Trinajstić information content (AvgIpc) is 3.26. The van der Waals surface area contributed by atoms with Crippen LogP contribution >= 0.6 is 0 Å². The molecule has 1 atom stereocenters. The Labute approximate surface area is 208 Å². The summed E-state index contributed by atoms with van der Waals surface area (Å²) in [5, 5.41) is 9.20. The summed E-state index contributed by atoms with van der Waals surface area (Å²) in [5.74, 6) is -0.303. The fourth-order valence-electron chi connectivity index (χ4n) is 3.90. The number of aromatic nitrogens is 2. The van der Waals surface area contributed by atoms with E-state index in [9.17, 15) is 9.90 Å². The van der Waals surface area contributed by atoms with E-state index in [1.165, 1.54) is 0 Å². The van der Waals surface area contributed by atoms with Gasteiger partial charge in [-0.15, -0.1) is 0 Å². The number of hydrogen-bond acceptors (Lipinski definition) is 5. The number of halogens is 1. The van der Waals surface area contributed by atoms with Gasteiger partial charge in [-0.2, -0.15) is 0 Å². The first-order chi connectivity index (χ1) is 17.3. The zero-order chi connectivity index (χ0) is 25.7. The molecule has 4 rings (SSSR count). The van der Waals surface area contributed by atoms with Crippen LogP contribution in [0.1, 0.15) is 35.3 Å². The van der Waals surface area contributed by atoms with Crippen LogP contribution in [0.3, 0.4) is 0 Å². The minimum atomic E-state index is -0.941. The Hall–Kier alpha value is -4.17. The Balaban J connectivity index is 1.67. The smallest absolute Gasteiger partial charge is 0.307 e. The molecule has 0 unspecified atom stereocenters. The number of nitrogens with two attached hydrogens (primary N) is 1. The van der Waals surface area contributed by atoms with Crippen LogP contribution in [-0.4, -0.2) is 20.6 Å². The predicted octanol–water partition coefficient (Wildman–Crippen LogP) is 5.03. The van der Waals surface area contributed by atoms with Gasteiger partial charge in [-0.3, -0.25) is 4.79 Å². The van der Waals surface area contributed by atoms with E-state index in [0.717, 1.165) is 11.3 Å². The van der Waals surface area contributed by atoms with Crippen LogP contribution in [0, 0.1) is 5.82 Å². The molecule has 0 aliphatic rings. The summed E-state index contributed by atoms with van der Waals surface area (Å²) in [7, 11) is 1.88. The summed E-state index contributed by atoms with van der Waals surface area (Å²) >= 11 is 0. The lowest BCUT2D eigenvalue weighted by Crippen LogP contribution is -2.08. The van der Waals surface area contributed by atoms with E-state index in [2.05, 4.69) is 4.98 Å². The lowest BCUT2D eigenvalue weighted by molar-refractivity contribution is -0.136. The Morgan fingerprint density at radius 1 is 1.11 bits per heavy atom. The number of carboxylic acid groups (broad SMARTS) is 1. The van der Waals surface area contributed by atoms with Gasteiger partial charge >= 0.3 is 5.97 Å². The van der Waals surface area contributed by atoms with Crippen molar-refractivity contribution < 1.29 is 23.8 Å². The Morgan fingerprint density at radius 3 is 2.64 bits per heavy atom. The molecule has 0 aliphatic carbocycles. The van der Waals surface area contributed by atoms with E-state index in [0.29, 0.717) is 33.8 Å². The fraction of sp³-hybridized carbons (Fsp3) is 0.214. The highest BCUT2D eigenvalue weighted by atomic mass is 19.1. The van der Waals surface area contributed by atoms with Crippen molar-refractivity contribution in [2.45, 2.75) is 32.6 Å². The molecule has 8 heteroatoms. The number of hydrogen-bond donors (Lipinski definition) is 2. The van der Waals surface area contributed by atoms with E-state index >= 15 is 4.39 Å². The maximum atomic E-state index is 15.3. The standard InChI is InChI=1S/C28H28FN3O4/c1-18(30)24-7-5-8-25(28(24)29)21-10-19(11-23(12-21)35-16-22-14-31-17-32(22)2)15-36-26-9-4-3-6-20(26)13-27(33)34/h3-12,14,17-18H,13,15-16,30H2,1-2H3,(H,33,34)/t18-/m0/s1. The van der Waals surface area contributed by atoms with Crippen molar-refractivity contribution in [1.82, 2.24) is 9.55 Å². The Morgan fingerprint density at radius 2 is 1.92 bits per heavy atom. The number of aryl methyl sites for hydroxylation is 1. The predicted molar refractivity (Wildman–Crippen MR) is 134 cm³/mol. The van der Waals surface area contributed by atoms with Gasteiger partial charge in [-0.25, -0.2) is 9.37 Å². The van der Waals surface area contributed by atoms with Gasteiger partial charge < -0.3 is 24.9 Å². The molecule has 1 aromatic heterocycles. The van der Waals surface area contributed by atoms with Crippen molar-refractivity contribution in [1.29, 1.82) is 0 Å². The van der Waals surface area contributed by atoms with Crippen LogP contribution in [0.5, 0.6) is 11.5 Å². The van der Waals surface area contributed by atoms with Crippen molar-refractivity contribution in [3.63, 3.8) is 0 Å². The minimum Gasteiger partial charge on any atom is -0.489 e. The lowest BCUT2D eigenvalue weighted by Gasteiger charge is -2.16. The number of rotatable bonds is 10. The number of carbonyl (C=O) groups is 1. The van der Waals surface area contributed by atoms with E-state index in [4.69, 9.17) is 15.2 Å². The highest BCUT2D eigenvalue weighted by molar-refractivity contribution is 5.71. The molecule has 186 valence electrons. The molecule has 0 spiro atoms. The van der Waals surface area contributed by atoms with Gasteiger partial charge in [0.15, 0.2) is 0 Å². The molecular weight excluding hydrogens is 461 g/mol. The summed E-state index contributed by atoms with van der Waals surface area (Å²) in [6.07, 6.45) is 3.27. The van der Waals surface area contributed by atoms with Gasteiger partial charge in [0.2, 0.25) is 0 Å². The third-order valence-electron chi connectivity index (χ3n) is 5.81. The summed E-state index contributed by atoms with van der Waals surface area (Å²) < 4.78 is 29.2. The molecule has 0 amide bonds. The summed E-state index contributed by atoms with van der Waals surface area (Å²) in [5.41, 5.74) is 9.61. The molecule has 0 saturated heterocycles. The van der Waals surface area contributed by atoms with Gasteiger partial charge in [0.25, 0.3) is 0 Å². The molecule has 7 nitrogen and oxygen atoms in total. The minimum absolute atomic E-state index is 0.140. The molecule has 4 aromatic rings. The van der Waals surface area contributed by atoms with Crippen LogP contribution in [0.15, 0.2) is 73.2 Å². The van der Waals surface area contributed by atoms with Crippen molar-refractivity contribution in [2.24, 2.45) is 12.8 Å². The topological polar surface area (TPSA) is 99.6 Å². The first-order valence-corrected chi connectivity index (χ1v) is 11.5. The molecular formula is C28H28FN3O4. The van der Waals surface area contributed by atoms with Crippen LogP contribution in [0.25, 0.3) is 11.1 Å². The molecule has 0 bridgehead atoms. The second-order valence-corrected chi connectivity index (χ2v) is 8.61. The zero-order valence-corrected chi connectivity index (χ0v) is 20.1. The lowest BCUT2D eigenvalue weighted by atomic mass is 9.97. The maximum Gasteiger partial charge on any atom is 0.307 e. The SMILES string of the molecule is C[C@H](N)c1cccc(-c2cc(COc3ccccc3CC(=O)O)cc(OCc3cncn3C)c2)c1F. The second-order valence-electron chi connectivity index (χ2n) is 8.61. The van der Waals surface area contributed by atoms with Gasteiger partial charge in [-0.1, -0.05) is 36.4 Å². The van der Waals surface area contributed by atoms with Crippen molar-refractivity contribution >= 4 is 5.97 Å². The Bertz CT molecular complexity index is 1370.